The first-order valence-corrected chi connectivity index (χ1v) is 9.38. The predicted molar refractivity (Wildman–Crippen MR) is 104 cm³/mol. The molecule has 0 saturated heterocycles. The van der Waals surface area contributed by atoms with Crippen molar-refractivity contribution in [3.05, 3.63) is 59.7 Å². The van der Waals surface area contributed by atoms with Gasteiger partial charge in [0.25, 0.3) is 0 Å². The number of thioether (sulfide) groups is 1. The number of rotatable bonds is 7. The van der Waals surface area contributed by atoms with Gasteiger partial charge in [-0.25, -0.2) is 0 Å². The zero-order valence-electron chi connectivity index (χ0n) is 15.4. The highest BCUT2D eigenvalue weighted by atomic mass is 32.2. The van der Waals surface area contributed by atoms with Gasteiger partial charge >= 0.3 is 0 Å². The second kappa shape index (κ2) is 8.68. The summed E-state index contributed by atoms with van der Waals surface area (Å²) in [6.07, 6.45) is 0. The molecule has 0 aliphatic rings. The summed E-state index contributed by atoms with van der Waals surface area (Å²) in [7, 11) is 1.62. The van der Waals surface area contributed by atoms with Crippen molar-refractivity contribution in [1.29, 1.82) is 0 Å². The molecule has 0 fully saturated rings. The summed E-state index contributed by atoms with van der Waals surface area (Å²) < 4.78 is 6.95. The molecule has 0 aliphatic heterocycles. The molecule has 1 N–H and O–H groups in total. The van der Waals surface area contributed by atoms with Crippen molar-refractivity contribution in [1.82, 2.24) is 25.5 Å². The van der Waals surface area contributed by atoms with Crippen LogP contribution in [0.5, 0.6) is 5.75 Å². The number of methoxy groups -OCH3 is 1. The van der Waals surface area contributed by atoms with E-state index >= 15 is 0 Å². The van der Waals surface area contributed by atoms with E-state index in [0.717, 1.165) is 22.6 Å². The number of hydrogen-bond donors (Lipinski definition) is 1. The number of ether oxygens (including phenoxy) is 1. The molecule has 7 nitrogen and oxygen atoms in total. The van der Waals surface area contributed by atoms with Crippen molar-refractivity contribution in [3.8, 4) is 11.4 Å². The van der Waals surface area contributed by atoms with E-state index in [-0.39, 0.29) is 11.2 Å². The molecule has 1 heterocycles. The Morgan fingerprint density at radius 2 is 2.07 bits per heavy atom. The molecular weight excluding hydrogens is 362 g/mol. The lowest BCUT2D eigenvalue weighted by Crippen LogP contribution is -2.30. The largest absolute Gasteiger partial charge is 0.496 e. The number of para-hydroxylation sites is 1. The van der Waals surface area contributed by atoms with Crippen molar-refractivity contribution in [2.45, 2.75) is 30.8 Å². The fourth-order valence-electron chi connectivity index (χ4n) is 2.56. The van der Waals surface area contributed by atoms with Crippen LogP contribution in [0.3, 0.4) is 0 Å². The zero-order chi connectivity index (χ0) is 19.2. The Morgan fingerprint density at radius 3 is 2.85 bits per heavy atom. The van der Waals surface area contributed by atoms with Gasteiger partial charge in [0.1, 0.15) is 5.75 Å². The molecule has 2 aromatic carbocycles. The molecule has 1 unspecified atom stereocenters. The van der Waals surface area contributed by atoms with Gasteiger partial charge in [-0.3, -0.25) is 4.79 Å². The van der Waals surface area contributed by atoms with Gasteiger partial charge in [0.05, 0.1) is 18.0 Å². The minimum absolute atomic E-state index is 0.0929. The second-order valence-electron chi connectivity index (χ2n) is 6.00. The van der Waals surface area contributed by atoms with Gasteiger partial charge in [-0.15, -0.1) is 5.10 Å². The maximum Gasteiger partial charge on any atom is 0.233 e. The van der Waals surface area contributed by atoms with Crippen molar-refractivity contribution in [2.24, 2.45) is 0 Å². The highest BCUT2D eigenvalue weighted by Gasteiger charge is 2.19. The Hall–Kier alpha value is -2.87. The summed E-state index contributed by atoms with van der Waals surface area (Å²) in [6.45, 7) is 4.24. The Bertz CT molecular complexity index is 928. The predicted octanol–water partition coefficient (Wildman–Crippen LogP) is 2.78. The van der Waals surface area contributed by atoms with E-state index < -0.39 is 0 Å². The van der Waals surface area contributed by atoms with Gasteiger partial charge in [-0.2, -0.15) is 4.68 Å². The highest BCUT2D eigenvalue weighted by molar-refractivity contribution is 8.00. The molecule has 0 spiro atoms. The van der Waals surface area contributed by atoms with Crippen molar-refractivity contribution in [3.63, 3.8) is 0 Å². The molecular formula is C19H21N5O2S. The number of nitrogens with one attached hydrogen (secondary N) is 1. The van der Waals surface area contributed by atoms with Crippen LogP contribution in [0.4, 0.5) is 0 Å². The Labute approximate surface area is 162 Å². The van der Waals surface area contributed by atoms with E-state index in [4.69, 9.17) is 4.74 Å². The first kappa shape index (κ1) is 18.9. The van der Waals surface area contributed by atoms with Gasteiger partial charge in [-0.05, 0) is 48.0 Å². The van der Waals surface area contributed by atoms with Crippen LogP contribution in [-0.4, -0.2) is 38.5 Å². The number of aryl methyl sites for hydroxylation is 1. The summed E-state index contributed by atoms with van der Waals surface area (Å²) in [5.74, 6) is 0.659. The summed E-state index contributed by atoms with van der Waals surface area (Å²) in [4.78, 5) is 12.5. The van der Waals surface area contributed by atoms with Crippen LogP contribution in [0.15, 0.2) is 53.7 Å². The lowest BCUT2D eigenvalue weighted by Gasteiger charge is -2.13. The molecule has 0 radical (unpaired) electrons. The van der Waals surface area contributed by atoms with Crippen LogP contribution in [0, 0.1) is 6.92 Å². The van der Waals surface area contributed by atoms with Crippen LogP contribution in [0.2, 0.25) is 0 Å². The summed E-state index contributed by atoms with van der Waals surface area (Å²) in [6, 6.07) is 15.5. The molecule has 0 aliphatic carbocycles. The first-order valence-electron chi connectivity index (χ1n) is 8.50. The summed E-state index contributed by atoms with van der Waals surface area (Å²) >= 11 is 1.31. The third kappa shape index (κ3) is 4.65. The SMILES string of the molecule is COc1ccccc1CNC(=O)C(C)Sc1nnnn1-c1cccc(C)c1. The van der Waals surface area contributed by atoms with Crippen molar-refractivity contribution >= 4 is 17.7 Å². The molecule has 0 saturated carbocycles. The number of nitrogens with zero attached hydrogens (tertiary/aromatic N) is 4. The van der Waals surface area contributed by atoms with Crippen molar-refractivity contribution in [2.75, 3.05) is 7.11 Å². The lowest BCUT2D eigenvalue weighted by molar-refractivity contribution is -0.120. The number of tetrazole rings is 1. The normalized spacial score (nSPS) is 11.8. The third-order valence-corrected chi connectivity index (χ3v) is 5.02. The third-order valence-electron chi connectivity index (χ3n) is 3.98. The maximum absolute atomic E-state index is 12.5. The molecule has 0 bridgehead atoms. The lowest BCUT2D eigenvalue weighted by atomic mass is 10.2. The summed E-state index contributed by atoms with van der Waals surface area (Å²) in [5, 5.41) is 15.0. The van der Waals surface area contributed by atoms with E-state index in [9.17, 15) is 4.79 Å². The molecule has 27 heavy (non-hydrogen) atoms. The van der Waals surface area contributed by atoms with E-state index in [1.165, 1.54) is 11.8 Å². The molecule has 3 aromatic rings. The zero-order valence-corrected chi connectivity index (χ0v) is 16.2. The minimum atomic E-state index is -0.353. The van der Waals surface area contributed by atoms with Gasteiger partial charge in [0.15, 0.2) is 0 Å². The monoisotopic (exact) mass is 383 g/mol. The highest BCUT2D eigenvalue weighted by Crippen LogP contribution is 2.23. The smallest absolute Gasteiger partial charge is 0.233 e. The van der Waals surface area contributed by atoms with Crippen LogP contribution >= 0.6 is 11.8 Å². The Kier molecular flexibility index (Phi) is 6.08. The molecule has 1 aromatic heterocycles. The van der Waals surface area contributed by atoms with Crippen LogP contribution in [0.25, 0.3) is 5.69 Å². The molecule has 1 amide bonds. The quantitative estimate of drug-likeness (QED) is 0.632. The van der Waals surface area contributed by atoms with E-state index in [0.29, 0.717) is 11.7 Å². The van der Waals surface area contributed by atoms with Crippen LogP contribution in [0.1, 0.15) is 18.1 Å². The van der Waals surface area contributed by atoms with E-state index in [1.807, 2.05) is 62.4 Å². The number of hydrogen-bond acceptors (Lipinski definition) is 6. The first-order chi connectivity index (χ1) is 13.1. The average Bonchev–Trinajstić information content (AvgIpc) is 3.14. The number of benzene rings is 2. The van der Waals surface area contributed by atoms with Gasteiger partial charge in [0, 0.05) is 12.1 Å². The molecule has 140 valence electrons. The summed E-state index contributed by atoms with van der Waals surface area (Å²) in [5.41, 5.74) is 2.90. The fourth-order valence-corrected chi connectivity index (χ4v) is 3.39. The van der Waals surface area contributed by atoms with Crippen LogP contribution < -0.4 is 10.1 Å². The topological polar surface area (TPSA) is 81.9 Å². The standard InChI is InChI=1S/C19H21N5O2S/c1-13-7-6-9-16(11-13)24-19(21-22-23-24)27-14(2)18(25)20-12-15-8-4-5-10-17(15)26-3/h4-11,14H,12H2,1-3H3,(H,20,25). The number of aromatic nitrogens is 4. The number of carbonyl (C=O) groups excluding carboxylic acids is 1. The van der Waals surface area contributed by atoms with Gasteiger partial charge < -0.3 is 10.1 Å². The Balaban J connectivity index is 1.65. The van der Waals surface area contributed by atoms with Gasteiger partial charge in [-0.1, -0.05) is 42.1 Å². The number of carbonyl (C=O) groups is 1. The number of amides is 1. The minimum Gasteiger partial charge on any atom is -0.496 e. The average molecular weight is 383 g/mol. The van der Waals surface area contributed by atoms with Crippen LogP contribution in [-0.2, 0) is 11.3 Å². The van der Waals surface area contributed by atoms with Gasteiger partial charge in [0.2, 0.25) is 11.1 Å². The molecule has 3 rings (SSSR count). The second-order valence-corrected chi connectivity index (χ2v) is 7.31. The van der Waals surface area contributed by atoms with E-state index in [2.05, 4.69) is 20.8 Å². The maximum atomic E-state index is 12.5. The van der Waals surface area contributed by atoms with E-state index in [1.54, 1.807) is 11.8 Å². The fraction of sp³-hybridized carbons (Fsp3) is 0.263. The molecule has 1 atom stereocenters. The Morgan fingerprint density at radius 1 is 1.26 bits per heavy atom. The molecule has 8 heteroatoms. The van der Waals surface area contributed by atoms with Crippen molar-refractivity contribution < 1.29 is 9.53 Å².